The lowest BCUT2D eigenvalue weighted by molar-refractivity contribution is 0.826. The first-order valence-corrected chi connectivity index (χ1v) is 6.85. The highest BCUT2D eigenvalue weighted by Gasteiger charge is 2.11. The average Bonchev–Trinajstić information content (AvgIpc) is 2.74. The fraction of sp³-hybridized carbons (Fsp3) is 0.294. The second-order valence-corrected chi connectivity index (χ2v) is 4.82. The topological polar surface area (TPSA) is 4.93 Å². The zero-order valence-corrected chi connectivity index (χ0v) is 11.1. The van der Waals surface area contributed by atoms with Gasteiger partial charge in [-0.2, -0.15) is 0 Å². The summed E-state index contributed by atoms with van der Waals surface area (Å²) in [6, 6.07) is 15.5. The summed E-state index contributed by atoms with van der Waals surface area (Å²) < 4.78 is 2.42. The predicted octanol–water partition coefficient (Wildman–Crippen LogP) is 4.77. The molecule has 0 aliphatic rings. The largest absolute Gasteiger partial charge is 0.341 e. The third-order valence-corrected chi connectivity index (χ3v) is 3.72. The number of aryl methyl sites for hydroxylation is 2. The molecule has 3 aromatic rings. The Balaban J connectivity index is 2.48. The molecule has 1 aromatic heterocycles. The first kappa shape index (κ1) is 11.3. The van der Waals surface area contributed by atoms with E-state index in [4.69, 9.17) is 0 Å². The van der Waals surface area contributed by atoms with Gasteiger partial charge in [0.05, 0.1) is 0 Å². The molecule has 0 atom stereocenters. The van der Waals surface area contributed by atoms with Crippen molar-refractivity contribution in [2.45, 2.75) is 33.2 Å². The first-order chi connectivity index (χ1) is 8.86. The molecule has 1 nitrogen and oxygen atoms in total. The van der Waals surface area contributed by atoms with Gasteiger partial charge < -0.3 is 4.57 Å². The zero-order chi connectivity index (χ0) is 12.5. The molecule has 0 bridgehead atoms. The lowest BCUT2D eigenvalue weighted by Gasteiger charge is -2.04. The normalized spacial score (nSPS) is 11.4. The lowest BCUT2D eigenvalue weighted by atomic mass is 10.0. The summed E-state index contributed by atoms with van der Waals surface area (Å²) in [6.07, 6.45) is 2.36. The molecule has 0 amide bonds. The van der Waals surface area contributed by atoms with Gasteiger partial charge in [-0.3, -0.25) is 0 Å². The Morgan fingerprint density at radius 2 is 1.67 bits per heavy atom. The second-order valence-electron chi connectivity index (χ2n) is 4.82. The molecule has 0 unspecified atom stereocenters. The van der Waals surface area contributed by atoms with E-state index >= 15 is 0 Å². The van der Waals surface area contributed by atoms with Gasteiger partial charge in [0, 0.05) is 28.4 Å². The van der Waals surface area contributed by atoms with Crippen LogP contribution in [0.4, 0.5) is 0 Å². The lowest BCUT2D eigenvalue weighted by Crippen LogP contribution is -1.93. The molecule has 18 heavy (non-hydrogen) atoms. The van der Waals surface area contributed by atoms with Crippen molar-refractivity contribution in [2.75, 3.05) is 0 Å². The molecule has 0 N–H and O–H groups in total. The van der Waals surface area contributed by atoms with E-state index in [0.29, 0.717) is 0 Å². The Bertz CT molecular complexity index is 691. The fourth-order valence-corrected chi connectivity index (χ4v) is 2.99. The molecule has 1 heterocycles. The third kappa shape index (κ3) is 1.54. The van der Waals surface area contributed by atoms with E-state index in [0.717, 1.165) is 13.0 Å². The van der Waals surface area contributed by atoms with Gasteiger partial charge >= 0.3 is 0 Å². The molecule has 3 rings (SSSR count). The van der Waals surface area contributed by atoms with Crippen LogP contribution in [0.3, 0.4) is 0 Å². The van der Waals surface area contributed by atoms with Crippen molar-refractivity contribution in [1.29, 1.82) is 0 Å². The smallest absolute Gasteiger partial charge is 0.0494 e. The van der Waals surface area contributed by atoms with Gasteiger partial charge in [0.15, 0.2) is 0 Å². The van der Waals surface area contributed by atoms with Crippen molar-refractivity contribution in [3.05, 3.63) is 48.0 Å². The van der Waals surface area contributed by atoms with E-state index in [-0.39, 0.29) is 0 Å². The third-order valence-electron chi connectivity index (χ3n) is 3.72. The van der Waals surface area contributed by atoms with Crippen molar-refractivity contribution in [3.8, 4) is 0 Å². The summed E-state index contributed by atoms with van der Waals surface area (Å²) in [5, 5.41) is 2.86. The highest BCUT2D eigenvalue weighted by Crippen LogP contribution is 2.31. The van der Waals surface area contributed by atoms with Crippen molar-refractivity contribution >= 4 is 21.8 Å². The summed E-state index contributed by atoms with van der Waals surface area (Å²) in [7, 11) is 0. The second kappa shape index (κ2) is 4.49. The summed E-state index contributed by atoms with van der Waals surface area (Å²) in [6.45, 7) is 5.50. The van der Waals surface area contributed by atoms with Crippen LogP contribution in [0, 0.1) is 0 Å². The number of fused-ring (bicyclic) bond motifs is 3. The Morgan fingerprint density at radius 3 is 2.44 bits per heavy atom. The molecule has 1 heteroatoms. The molecule has 0 aliphatic heterocycles. The molecule has 92 valence electrons. The maximum atomic E-state index is 2.42. The number of hydrogen-bond donors (Lipinski definition) is 0. The van der Waals surface area contributed by atoms with Crippen LogP contribution in [0.15, 0.2) is 42.5 Å². The number of aromatic nitrogens is 1. The molecule has 2 aromatic carbocycles. The van der Waals surface area contributed by atoms with E-state index in [9.17, 15) is 0 Å². The van der Waals surface area contributed by atoms with Gasteiger partial charge in [0.1, 0.15) is 0 Å². The summed E-state index contributed by atoms with van der Waals surface area (Å²) >= 11 is 0. The quantitative estimate of drug-likeness (QED) is 0.618. The predicted molar refractivity (Wildman–Crippen MR) is 79.1 cm³/mol. The SMILES string of the molecule is CCCc1cccc2c1c1ccccc1n2CC. The van der Waals surface area contributed by atoms with Crippen molar-refractivity contribution in [1.82, 2.24) is 4.57 Å². The monoisotopic (exact) mass is 237 g/mol. The minimum absolute atomic E-state index is 1.03. The Morgan fingerprint density at radius 1 is 0.889 bits per heavy atom. The van der Waals surface area contributed by atoms with Crippen molar-refractivity contribution in [2.24, 2.45) is 0 Å². The van der Waals surface area contributed by atoms with Crippen LogP contribution in [0.1, 0.15) is 25.8 Å². The molecule has 0 radical (unpaired) electrons. The van der Waals surface area contributed by atoms with E-state index < -0.39 is 0 Å². The first-order valence-electron chi connectivity index (χ1n) is 6.85. The number of nitrogens with zero attached hydrogens (tertiary/aromatic N) is 1. The number of hydrogen-bond acceptors (Lipinski definition) is 0. The van der Waals surface area contributed by atoms with Crippen molar-refractivity contribution in [3.63, 3.8) is 0 Å². The molecular weight excluding hydrogens is 218 g/mol. The van der Waals surface area contributed by atoms with E-state index in [2.05, 4.69) is 60.9 Å². The van der Waals surface area contributed by atoms with Crippen LogP contribution in [0.2, 0.25) is 0 Å². The summed E-state index contributed by atoms with van der Waals surface area (Å²) in [4.78, 5) is 0. The van der Waals surface area contributed by atoms with Crippen LogP contribution in [0.25, 0.3) is 21.8 Å². The highest BCUT2D eigenvalue weighted by atomic mass is 15.0. The van der Waals surface area contributed by atoms with E-state index in [1.54, 1.807) is 0 Å². The Labute approximate surface area is 108 Å². The van der Waals surface area contributed by atoms with Gasteiger partial charge in [-0.1, -0.05) is 43.7 Å². The molecule has 0 saturated carbocycles. The highest BCUT2D eigenvalue weighted by molar-refractivity contribution is 6.09. The molecular formula is C17H19N. The molecule has 0 aliphatic carbocycles. The van der Waals surface area contributed by atoms with Gasteiger partial charge in [-0.25, -0.2) is 0 Å². The van der Waals surface area contributed by atoms with Gasteiger partial charge in [0.25, 0.3) is 0 Å². The number of para-hydroxylation sites is 1. The van der Waals surface area contributed by atoms with E-state index in [1.807, 2.05) is 0 Å². The molecule has 0 saturated heterocycles. The summed E-state index contributed by atoms with van der Waals surface area (Å²) in [5.41, 5.74) is 4.22. The molecule has 0 fully saturated rings. The van der Waals surface area contributed by atoms with Crippen molar-refractivity contribution < 1.29 is 0 Å². The van der Waals surface area contributed by atoms with Crippen LogP contribution in [0.5, 0.6) is 0 Å². The van der Waals surface area contributed by atoms with Crippen LogP contribution < -0.4 is 0 Å². The Kier molecular flexibility index (Phi) is 2.83. The zero-order valence-electron chi connectivity index (χ0n) is 11.1. The maximum Gasteiger partial charge on any atom is 0.0494 e. The number of benzene rings is 2. The van der Waals surface area contributed by atoms with Gasteiger partial charge in [0.2, 0.25) is 0 Å². The van der Waals surface area contributed by atoms with Gasteiger partial charge in [-0.05, 0) is 31.0 Å². The fourth-order valence-electron chi connectivity index (χ4n) is 2.99. The van der Waals surface area contributed by atoms with Gasteiger partial charge in [-0.15, -0.1) is 0 Å². The van der Waals surface area contributed by atoms with Crippen LogP contribution in [-0.4, -0.2) is 4.57 Å². The molecule has 0 spiro atoms. The Hall–Kier alpha value is -1.76. The van der Waals surface area contributed by atoms with Crippen LogP contribution in [-0.2, 0) is 13.0 Å². The number of rotatable bonds is 3. The minimum atomic E-state index is 1.03. The van der Waals surface area contributed by atoms with Crippen LogP contribution >= 0.6 is 0 Å². The summed E-state index contributed by atoms with van der Waals surface area (Å²) in [5.74, 6) is 0. The van der Waals surface area contributed by atoms with E-state index in [1.165, 1.54) is 33.8 Å². The maximum absolute atomic E-state index is 2.42. The standard InChI is InChI=1S/C17H19N/c1-3-8-13-9-7-12-16-17(13)14-10-5-6-11-15(14)18(16)4-2/h5-7,9-12H,3-4,8H2,1-2H3. The minimum Gasteiger partial charge on any atom is -0.341 e. The average molecular weight is 237 g/mol.